The second-order valence-electron chi connectivity index (χ2n) is 6.03. The largest absolute Gasteiger partial charge is 0.462 e. The summed E-state index contributed by atoms with van der Waals surface area (Å²) in [4.78, 5) is 4.83. The van der Waals surface area contributed by atoms with Gasteiger partial charge in [0, 0.05) is 38.8 Å². The van der Waals surface area contributed by atoms with Crippen LogP contribution in [0.25, 0.3) is 0 Å². The van der Waals surface area contributed by atoms with Gasteiger partial charge < -0.3 is 14.6 Å². The van der Waals surface area contributed by atoms with Gasteiger partial charge in [-0.25, -0.2) is 0 Å². The highest BCUT2D eigenvalue weighted by atomic mass is 32.1. The van der Waals surface area contributed by atoms with Gasteiger partial charge in [-0.15, -0.1) is 0 Å². The van der Waals surface area contributed by atoms with Crippen LogP contribution in [-0.4, -0.2) is 52.3 Å². The van der Waals surface area contributed by atoms with Crippen LogP contribution in [0.3, 0.4) is 0 Å². The van der Waals surface area contributed by atoms with E-state index in [4.69, 9.17) is 9.52 Å². The average molecular weight is 336 g/mol. The van der Waals surface area contributed by atoms with Gasteiger partial charge >= 0.3 is 0 Å². The molecular formula is C17H24N2O3S. The van der Waals surface area contributed by atoms with E-state index in [1.165, 1.54) is 5.56 Å². The number of thiophene rings is 1. The van der Waals surface area contributed by atoms with E-state index in [1.807, 2.05) is 12.1 Å². The van der Waals surface area contributed by atoms with Crippen molar-refractivity contribution in [1.29, 1.82) is 0 Å². The predicted molar refractivity (Wildman–Crippen MR) is 90.1 cm³/mol. The molecule has 0 bridgehead atoms. The Morgan fingerprint density at radius 3 is 2.70 bits per heavy atom. The molecule has 6 heteroatoms. The Bertz CT molecular complexity index is 584. The highest BCUT2D eigenvalue weighted by molar-refractivity contribution is 7.07. The zero-order chi connectivity index (χ0) is 16.1. The highest BCUT2D eigenvalue weighted by Gasteiger charge is 2.27. The monoisotopic (exact) mass is 336 g/mol. The van der Waals surface area contributed by atoms with E-state index in [1.54, 1.807) is 11.3 Å². The smallest absolute Gasteiger partial charge is 0.129 e. The minimum absolute atomic E-state index is 0.0540. The lowest BCUT2D eigenvalue weighted by Gasteiger charge is -2.41. The first-order chi connectivity index (χ1) is 11.3. The number of hydrogen-bond donors (Lipinski definition) is 2. The zero-order valence-electron chi connectivity index (χ0n) is 13.2. The van der Waals surface area contributed by atoms with Gasteiger partial charge in [0.25, 0.3) is 0 Å². The van der Waals surface area contributed by atoms with Gasteiger partial charge in [0.2, 0.25) is 0 Å². The molecule has 1 aliphatic heterocycles. The first-order valence-corrected chi connectivity index (χ1v) is 8.99. The summed E-state index contributed by atoms with van der Waals surface area (Å²) in [6.07, 6.45) is 0.792. The van der Waals surface area contributed by atoms with Crippen molar-refractivity contribution in [3.63, 3.8) is 0 Å². The molecule has 5 nitrogen and oxygen atoms in total. The average Bonchev–Trinajstić information content (AvgIpc) is 3.21. The Balaban J connectivity index is 1.59. The van der Waals surface area contributed by atoms with Crippen LogP contribution in [0.4, 0.5) is 0 Å². The number of rotatable bonds is 7. The fraction of sp³-hybridized carbons (Fsp3) is 0.529. The molecule has 1 atom stereocenters. The second-order valence-corrected chi connectivity index (χ2v) is 6.81. The van der Waals surface area contributed by atoms with Gasteiger partial charge in [0.15, 0.2) is 0 Å². The van der Waals surface area contributed by atoms with Crippen LogP contribution in [-0.2, 0) is 19.7 Å². The lowest BCUT2D eigenvalue weighted by Crippen LogP contribution is -2.52. The number of nitrogens with zero attached hydrogens (tertiary/aromatic N) is 2. The summed E-state index contributed by atoms with van der Waals surface area (Å²) in [5.74, 6) is 1.51. The summed E-state index contributed by atoms with van der Waals surface area (Å²) in [5, 5.41) is 22.8. The molecule has 0 spiro atoms. The van der Waals surface area contributed by atoms with Crippen LogP contribution in [0.1, 0.15) is 23.5 Å². The van der Waals surface area contributed by atoms with Crippen molar-refractivity contribution in [2.24, 2.45) is 0 Å². The molecule has 0 unspecified atom stereocenters. The van der Waals surface area contributed by atoms with E-state index < -0.39 is 0 Å². The van der Waals surface area contributed by atoms with Crippen LogP contribution in [0.2, 0.25) is 0 Å². The molecule has 1 saturated heterocycles. The number of aliphatic hydroxyl groups is 2. The maximum atomic E-state index is 9.38. The molecule has 23 heavy (non-hydrogen) atoms. The van der Waals surface area contributed by atoms with Gasteiger partial charge in [-0.05, 0) is 40.9 Å². The first-order valence-electron chi connectivity index (χ1n) is 8.05. The quantitative estimate of drug-likeness (QED) is 0.809. The first kappa shape index (κ1) is 16.7. The van der Waals surface area contributed by atoms with Crippen LogP contribution in [0.5, 0.6) is 0 Å². The molecule has 0 aliphatic carbocycles. The summed E-state index contributed by atoms with van der Waals surface area (Å²) >= 11 is 1.73. The van der Waals surface area contributed by atoms with Crippen molar-refractivity contribution in [2.75, 3.05) is 26.2 Å². The van der Waals surface area contributed by atoms with E-state index in [-0.39, 0.29) is 13.2 Å². The fourth-order valence-electron chi connectivity index (χ4n) is 3.16. The Morgan fingerprint density at radius 1 is 1.13 bits per heavy atom. The maximum absolute atomic E-state index is 9.38. The minimum atomic E-state index is -0.0540. The van der Waals surface area contributed by atoms with Crippen LogP contribution in [0.15, 0.2) is 33.4 Å². The Morgan fingerprint density at radius 2 is 2.00 bits per heavy atom. The molecular weight excluding hydrogens is 312 g/mol. The third kappa shape index (κ3) is 4.43. The summed E-state index contributed by atoms with van der Waals surface area (Å²) in [7, 11) is 0. The van der Waals surface area contributed by atoms with Crippen molar-refractivity contribution < 1.29 is 14.6 Å². The molecule has 2 aromatic heterocycles. The molecule has 3 heterocycles. The molecule has 2 N–H and O–H groups in total. The molecule has 1 fully saturated rings. The van der Waals surface area contributed by atoms with Gasteiger partial charge in [-0.2, -0.15) is 11.3 Å². The second kappa shape index (κ2) is 8.08. The SMILES string of the molecule is OCC[C@@H]1CN(Cc2ccc(CO)o2)CCN1Cc1ccsc1. The molecule has 126 valence electrons. The molecule has 0 radical (unpaired) electrons. The van der Waals surface area contributed by atoms with E-state index >= 15 is 0 Å². The third-order valence-electron chi connectivity index (χ3n) is 4.37. The normalized spacial score (nSPS) is 20.2. The Hall–Kier alpha value is -1.18. The number of hydrogen-bond acceptors (Lipinski definition) is 6. The number of furan rings is 1. The zero-order valence-corrected chi connectivity index (χ0v) is 14.0. The van der Waals surface area contributed by atoms with Crippen LogP contribution >= 0.6 is 11.3 Å². The lowest BCUT2D eigenvalue weighted by molar-refractivity contribution is 0.0465. The Kier molecular flexibility index (Phi) is 5.85. The maximum Gasteiger partial charge on any atom is 0.129 e. The topological polar surface area (TPSA) is 60.1 Å². The molecule has 1 aliphatic rings. The van der Waals surface area contributed by atoms with Gasteiger partial charge in [0.1, 0.15) is 18.1 Å². The summed E-state index contributed by atoms with van der Waals surface area (Å²) in [5.41, 5.74) is 1.35. The lowest BCUT2D eigenvalue weighted by atomic mass is 10.1. The van der Waals surface area contributed by atoms with Crippen molar-refractivity contribution in [2.45, 2.75) is 32.2 Å². The number of piperazine rings is 1. The van der Waals surface area contributed by atoms with E-state index in [9.17, 15) is 5.11 Å². The number of aliphatic hydroxyl groups excluding tert-OH is 2. The van der Waals surface area contributed by atoms with Crippen LogP contribution < -0.4 is 0 Å². The summed E-state index contributed by atoms with van der Waals surface area (Å²) in [6, 6.07) is 6.30. The van der Waals surface area contributed by atoms with E-state index in [2.05, 4.69) is 26.6 Å². The van der Waals surface area contributed by atoms with E-state index in [0.717, 1.165) is 44.9 Å². The molecule has 0 amide bonds. The van der Waals surface area contributed by atoms with Crippen molar-refractivity contribution >= 4 is 11.3 Å². The van der Waals surface area contributed by atoms with Gasteiger partial charge in [0.05, 0.1) is 6.54 Å². The standard InChI is InChI=1S/C17H24N2O3S/c20-7-3-15-10-18(11-16-1-2-17(12-21)22-16)5-6-19(15)9-14-4-8-23-13-14/h1-2,4,8,13,15,20-21H,3,5-7,9-12H2/t15-/m1/s1. The third-order valence-corrected chi connectivity index (χ3v) is 5.10. The highest BCUT2D eigenvalue weighted by Crippen LogP contribution is 2.20. The van der Waals surface area contributed by atoms with Gasteiger partial charge in [-0.1, -0.05) is 0 Å². The predicted octanol–water partition coefficient (Wildman–Crippen LogP) is 1.90. The molecule has 0 saturated carbocycles. The molecule has 2 aromatic rings. The fourth-order valence-corrected chi connectivity index (χ4v) is 3.82. The summed E-state index contributed by atoms with van der Waals surface area (Å²) in [6.45, 7) is 4.79. The minimum Gasteiger partial charge on any atom is -0.462 e. The van der Waals surface area contributed by atoms with Gasteiger partial charge in [-0.3, -0.25) is 9.80 Å². The molecule has 3 rings (SSSR count). The summed E-state index contributed by atoms with van der Waals surface area (Å²) < 4.78 is 5.59. The molecule has 0 aromatic carbocycles. The van der Waals surface area contributed by atoms with E-state index in [0.29, 0.717) is 11.8 Å². The van der Waals surface area contributed by atoms with Crippen molar-refractivity contribution in [1.82, 2.24) is 9.80 Å². The van der Waals surface area contributed by atoms with Crippen molar-refractivity contribution in [3.05, 3.63) is 46.0 Å². The Labute approximate surface area is 140 Å². The van der Waals surface area contributed by atoms with Crippen LogP contribution in [0, 0.1) is 0 Å². The van der Waals surface area contributed by atoms with Crippen molar-refractivity contribution in [3.8, 4) is 0 Å².